The molecule has 0 bridgehead atoms. The molecule has 2 heterocycles. The summed E-state index contributed by atoms with van der Waals surface area (Å²) in [7, 11) is 0. The van der Waals surface area contributed by atoms with Crippen molar-refractivity contribution in [3.63, 3.8) is 0 Å². The van der Waals surface area contributed by atoms with Crippen molar-refractivity contribution in [3.8, 4) is 11.3 Å². The van der Waals surface area contributed by atoms with Crippen molar-refractivity contribution in [2.45, 2.75) is 6.92 Å². The monoisotopic (exact) mass is 316 g/mol. The third-order valence-corrected chi connectivity index (χ3v) is 3.57. The summed E-state index contributed by atoms with van der Waals surface area (Å²) in [5.74, 6) is 0.802. The molecule has 0 unspecified atom stereocenters. The van der Waals surface area contributed by atoms with Crippen LogP contribution in [0.15, 0.2) is 46.5 Å². The van der Waals surface area contributed by atoms with Crippen molar-refractivity contribution in [2.24, 2.45) is 0 Å². The molecule has 1 aromatic heterocycles. The normalized spacial score (nSPS) is 16.5. The highest BCUT2D eigenvalue weighted by molar-refractivity contribution is 6.30. The minimum Gasteiger partial charge on any atom is -0.457 e. The van der Waals surface area contributed by atoms with E-state index in [9.17, 15) is 9.59 Å². The number of amides is 3. The Morgan fingerprint density at radius 3 is 2.55 bits per heavy atom. The largest absolute Gasteiger partial charge is 0.457 e. The SMILES string of the molecule is CCN1C(=O)N/C(=C/c2ccc(-c3ccc(Cl)cc3)o2)C1=O. The smallest absolute Gasteiger partial charge is 0.328 e. The third-order valence-electron chi connectivity index (χ3n) is 3.32. The van der Waals surface area contributed by atoms with Crippen LogP contribution in [0, 0.1) is 0 Å². The summed E-state index contributed by atoms with van der Waals surface area (Å²) in [4.78, 5) is 24.7. The van der Waals surface area contributed by atoms with Crippen LogP contribution < -0.4 is 5.32 Å². The Balaban J connectivity index is 1.86. The second-order valence-electron chi connectivity index (χ2n) is 4.75. The summed E-state index contributed by atoms with van der Waals surface area (Å²) in [6.07, 6.45) is 1.52. The fourth-order valence-corrected chi connectivity index (χ4v) is 2.33. The molecule has 5 nitrogen and oxygen atoms in total. The lowest BCUT2D eigenvalue weighted by Crippen LogP contribution is -2.30. The Bertz CT molecular complexity index is 762. The van der Waals surface area contributed by atoms with Gasteiger partial charge in [0.2, 0.25) is 0 Å². The molecule has 0 spiro atoms. The second-order valence-corrected chi connectivity index (χ2v) is 5.18. The van der Waals surface area contributed by atoms with Crippen LogP contribution in [0.3, 0.4) is 0 Å². The highest BCUT2D eigenvalue weighted by atomic mass is 35.5. The number of carbonyl (C=O) groups is 2. The van der Waals surface area contributed by atoms with Gasteiger partial charge in [0.15, 0.2) is 0 Å². The first-order valence-electron chi connectivity index (χ1n) is 6.79. The molecule has 1 aliphatic heterocycles. The number of imide groups is 1. The molecule has 3 amide bonds. The number of nitrogens with one attached hydrogen (secondary N) is 1. The van der Waals surface area contributed by atoms with Gasteiger partial charge in [0.1, 0.15) is 17.2 Å². The molecule has 1 aliphatic rings. The number of hydrogen-bond donors (Lipinski definition) is 1. The summed E-state index contributed by atoms with van der Waals surface area (Å²) in [5, 5.41) is 3.18. The topological polar surface area (TPSA) is 62.6 Å². The fraction of sp³-hybridized carbons (Fsp3) is 0.125. The Morgan fingerprint density at radius 2 is 1.91 bits per heavy atom. The van der Waals surface area contributed by atoms with Gasteiger partial charge >= 0.3 is 6.03 Å². The molecule has 112 valence electrons. The molecular weight excluding hydrogens is 304 g/mol. The number of furan rings is 1. The van der Waals surface area contributed by atoms with E-state index in [0.29, 0.717) is 23.1 Å². The Hall–Kier alpha value is -2.53. The van der Waals surface area contributed by atoms with Gasteiger partial charge in [-0.1, -0.05) is 11.6 Å². The van der Waals surface area contributed by atoms with E-state index in [-0.39, 0.29) is 11.6 Å². The van der Waals surface area contributed by atoms with Crippen molar-refractivity contribution < 1.29 is 14.0 Å². The zero-order valence-corrected chi connectivity index (χ0v) is 12.6. The van der Waals surface area contributed by atoms with E-state index in [0.717, 1.165) is 10.5 Å². The van der Waals surface area contributed by atoms with Gasteiger partial charge in [0, 0.05) is 23.2 Å². The highest BCUT2D eigenvalue weighted by Crippen LogP contribution is 2.25. The van der Waals surface area contributed by atoms with Crippen molar-refractivity contribution in [1.82, 2.24) is 10.2 Å². The van der Waals surface area contributed by atoms with E-state index < -0.39 is 6.03 Å². The average molecular weight is 317 g/mol. The summed E-state index contributed by atoms with van der Waals surface area (Å²) < 4.78 is 5.68. The Kier molecular flexibility index (Phi) is 3.73. The van der Waals surface area contributed by atoms with Crippen LogP contribution in [0.2, 0.25) is 5.02 Å². The minimum absolute atomic E-state index is 0.212. The standard InChI is InChI=1S/C16H13ClN2O3/c1-2-19-15(20)13(18-16(19)21)9-12-7-8-14(22-12)10-3-5-11(17)6-4-10/h3-9H,2H2,1H3,(H,18,21)/b13-9+. The zero-order chi connectivity index (χ0) is 15.7. The molecule has 1 fully saturated rings. The summed E-state index contributed by atoms with van der Waals surface area (Å²) in [6.45, 7) is 2.07. The first kappa shape index (κ1) is 14.4. The molecule has 3 rings (SSSR count). The number of rotatable bonds is 3. The van der Waals surface area contributed by atoms with Gasteiger partial charge in [-0.25, -0.2) is 4.79 Å². The highest BCUT2D eigenvalue weighted by Gasteiger charge is 2.32. The lowest BCUT2D eigenvalue weighted by Gasteiger charge is -2.05. The predicted octanol–water partition coefficient (Wildman–Crippen LogP) is 3.51. The van der Waals surface area contributed by atoms with Gasteiger partial charge in [0.05, 0.1) is 0 Å². The predicted molar refractivity (Wildman–Crippen MR) is 83.0 cm³/mol. The number of likely N-dealkylation sites (N-methyl/N-ethyl adjacent to an activating group) is 1. The average Bonchev–Trinajstić information content (AvgIpc) is 3.06. The van der Waals surface area contributed by atoms with Gasteiger partial charge in [0.25, 0.3) is 5.91 Å². The molecule has 1 N–H and O–H groups in total. The van der Waals surface area contributed by atoms with E-state index in [1.807, 2.05) is 12.1 Å². The molecule has 0 atom stereocenters. The van der Waals surface area contributed by atoms with E-state index >= 15 is 0 Å². The molecule has 1 saturated heterocycles. The number of carbonyl (C=O) groups excluding carboxylic acids is 2. The van der Waals surface area contributed by atoms with Crippen LogP contribution in [0.25, 0.3) is 17.4 Å². The van der Waals surface area contributed by atoms with Crippen LogP contribution in [0.1, 0.15) is 12.7 Å². The summed E-state index contributed by atoms with van der Waals surface area (Å²) >= 11 is 5.85. The van der Waals surface area contributed by atoms with Crippen molar-refractivity contribution >= 4 is 29.6 Å². The number of urea groups is 1. The molecule has 0 radical (unpaired) electrons. The number of halogens is 1. The zero-order valence-electron chi connectivity index (χ0n) is 11.8. The Morgan fingerprint density at radius 1 is 1.18 bits per heavy atom. The van der Waals surface area contributed by atoms with E-state index in [4.69, 9.17) is 16.0 Å². The quantitative estimate of drug-likeness (QED) is 0.696. The van der Waals surface area contributed by atoms with Crippen molar-refractivity contribution in [3.05, 3.63) is 52.9 Å². The summed E-state index contributed by atoms with van der Waals surface area (Å²) in [5.41, 5.74) is 1.09. The molecule has 1 aromatic carbocycles. The van der Waals surface area contributed by atoms with Gasteiger partial charge in [-0.15, -0.1) is 0 Å². The number of nitrogens with zero attached hydrogens (tertiary/aromatic N) is 1. The van der Waals surface area contributed by atoms with Crippen molar-refractivity contribution in [2.75, 3.05) is 6.54 Å². The number of hydrogen-bond acceptors (Lipinski definition) is 3. The maximum absolute atomic E-state index is 12.0. The first-order chi connectivity index (χ1) is 10.6. The van der Waals surface area contributed by atoms with E-state index in [1.165, 1.54) is 6.08 Å². The lowest BCUT2D eigenvalue weighted by molar-refractivity contribution is -0.122. The van der Waals surface area contributed by atoms with Crippen LogP contribution in [-0.2, 0) is 4.79 Å². The minimum atomic E-state index is -0.414. The van der Waals surface area contributed by atoms with Crippen molar-refractivity contribution in [1.29, 1.82) is 0 Å². The van der Waals surface area contributed by atoms with Gasteiger partial charge in [-0.2, -0.15) is 0 Å². The Labute approximate surface area is 132 Å². The van der Waals surface area contributed by atoms with Crippen LogP contribution >= 0.6 is 11.6 Å². The van der Waals surface area contributed by atoms with Gasteiger partial charge in [-0.3, -0.25) is 9.69 Å². The first-order valence-corrected chi connectivity index (χ1v) is 7.16. The third kappa shape index (κ3) is 2.63. The molecule has 0 aliphatic carbocycles. The molecular formula is C16H13ClN2O3. The van der Waals surface area contributed by atoms with Crippen LogP contribution in [-0.4, -0.2) is 23.4 Å². The van der Waals surface area contributed by atoms with E-state index in [1.54, 1.807) is 31.2 Å². The van der Waals surface area contributed by atoms with Gasteiger partial charge < -0.3 is 9.73 Å². The summed E-state index contributed by atoms with van der Waals surface area (Å²) in [6, 6.07) is 10.4. The van der Waals surface area contributed by atoms with Crippen LogP contribution in [0.4, 0.5) is 4.79 Å². The molecule has 6 heteroatoms. The second kappa shape index (κ2) is 5.69. The van der Waals surface area contributed by atoms with E-state index in [2.05, 4.69) is 5.32 Å². The maximum atomic E-state index is 12.0. The molecule has 22 heavy (non-hydrogen) atoms. The molecule has 2 aromatic rings. The lowest BCUT2D eigenvalue weighted by atomic mass is 10.2. The van der Waals surface area contributed by atoms with Crippen LogP contribution in [0.5, 0.6) is 0 Å². The maximum Gasteiger partial charge on any atom is 0.328 e. The number of benzene rings is 1. The van der Waals surface area contributed by atoms with Gasteiger partial charge in [-0.05, 0) is 43.3 Å². The fourth-order valence-electron chi connectivity index (χ4n) is 2.20. The molecule has 0 saturated carbocycles.